The molecule has 3 N–H and O–H groups in total. The molecule has 0 aliphatic heterocycles. The number of halogens is 3. The molecule has 2 aromatic heterocycles. The van der Waals surface area contributed by atoms with Crippen molar-refractivity contribution >= 4 is 40.3 Å². The molecule has 11 heteroatoms. The van der Waals surface area contributed by atoms with E-state index in [4.69, 9.17) is 10.7 Å². The number of aromatic nitrogens is 3. The van der Waals surface area contributed by atoms with Crippen LogP contribution in [0.15, 0.2) is 145 Å². The summed E-state index contributed by atoms with van der Waals surface area (Å²) in [6.07, 6.45) is -1.59. The van der Waals surface area contributed by atoms with Crippen molar-refractivity contribution in [3.05, 3.63) is 168 Å². The molecule has 2 amide bonds. The maximum Gasteiger partial charge on any atom is 0.416 e. The number of imidazole rings is 1. The maximum absolute atomic E-state index is 13.7. The molecule has 5 aromatic carbocycles. The van der Waals surface area contributed by atoms with Crippen LogP contribution in [0.25, 0.3) is 33.3 Å². The maximum atomic E-state index is 13.7. The van der Waals surface area contributed by atoms with E-state index in [1.165, 1.54) is 12.1 Å². The van der Waals surface area contributed by atoms with Gasteiger partial charge < -0.3 is 15.6 Å². The number of nitrogens with zero attached hydrogens (tertiary/aromatic N) is 3. The number of primary amides is 1. The lowest BCUT2D eigenvalue weighted by molar-refractivity contribution is -0.137. The average Bonchev–Trinajstić information content (AvgIpc) is 3.70. The van der Waals surface area contributed by atoms with Gasteiger partial charge in [-0.2, -0.15) is 13.2 Å². The van der Waals surface area contributed by atoms with Crippen molar-refractivity contribution in [3.63, 3.8) is 0 Å². The summed E-state index contributed by atoms with van der Waals surface area (Å²) in [4.78, 5) is 36.6. The van der Waals surface area contributed by atoms with Crippen LogP contribution in [0.2, 0.25) is 0 Å². The minimum absolute atomic E-state index is 0.318. The van der Waals surface area contributed by atoms with Crippen molar-refractivity contribution in [1.82, 2.24) is 14.5 Å². The Morgan fingerprint density at radius 3 is 2.09 bits per heavy atom. The Kier molecular flexibility index (Phi) is 9.48. The standard InChI is InChI=1S/C44H34F3N5O2S/c45-44(46,47)29-19-17-28(18-20-29)32-11-1-2-14-35(32)40(53)50-30-21-22-39-38(26-30)51-42(55-27-31-10-7-8-24-49-31)52(39)25-9-23-43(41(48)54)36-15-5-3-12-33(36)34-13-4-6-16-37(34)43/h1-8,10-22,24,26H,9,23,25,27H2,(H2,48,54)(H,50,53). The number of hydrogen-bond donors (Lipinski definition) is 2. The summed E-state index contributed by atoms with van der Waals surface area (Å²) < 4.78 is 41.8. The molecule has 2 heterocycles. The second kappa shape index (κ2) is 14.6. The van der Waals surface area contributed by atoms with Gasteiger partial charge >= 0.3 is 6.18 Å². The largest absolute Gasteiger partial charge is 0.416 e. The number of anilines is 1. The number of aryl methyl sites for hydroxylation is 1. The van der Waals surface area contributed by atoms with E-state index in [1.54, 1.807) is 48.3 Å². The van der Waals surface area contributed by atoms with E-state index in [0.29, 0.717) is 53.0 Å². The number of amides is 2. The molecule has 0 saturated heterocycles. The number of pyridine rings is 1. The Bertz CT molecular complexity index is 2510. The highest BCUT2D eigenvalue weighted by molar-refractivity contribution is 7.98. The van der Waals surface area contributed by atoms with Gasteiger partial charge in [-0.25, -0.2) is 4.98 Å². The minimum atomic E-state index is -4.46. The summed E-state index contributed by atoms with van der Waals surface area (Å²) >= 11 is 1.55. The highest BCUT2D eigenvalue weighted by Gasteiger charge is 2.47. The Balaban J connectivity index is 1.08. The van der Waals surface area contributed by atoms with E-state index in [2.05, 4.69) is 14.9 Å². The second-order valence-corrected chi connectivity index (χ2v) is 14.3. The van der Waals surface area contributed by atoms with Crippen molar-refractivity contribution in [2.75, 3.05) is 5.32 Å². The number of thioether (sulfide) groups is 1. The van der Waals surface area contributed by atoms with E-state index < -0.39 is 23.1 Å². The van der Waals surface area contributed by atoms with Gasteiger partial charge in [-0.1, -0.05) is 96.7 Å². The van der Waals surface area contributed by atoms with E-state index >= 15 is 0 Å². The van der Waals surface area contributed by atoms with Crippen molar-refractivity contribution in [1.29, 1.82) is 0 Å². The van der Waals surface area contributed by atoms with Gasteiger partial charge in [-0.05, 0) is 94.8 Å². The quantitative estimate of drug-likeness (QED) is 0.128. The molecule has 0 bridgehead atoms. The number of alkyl halides is 3. The number of hydrogen-bond acceptors (Lipinski definition) is 5. The molecule has 0 saturated carbocycles. The van der Waals surface area contributed by atoms with Gasteiger partial charge in [0.1, 0.15) is 0 Å². The molecule has 274 valence electrons. The zero-order valence-corrected chi connectivity index (χ0v) is 30.2. The first-order chi connectivity index (χ1) is 26.6. The zero-order valence-electron chi connectivity index (χ0n) is 29.4. The predicted octanol–water partition coefficient (Wildman–Crippen LogP) is 9.89. The summed E-state index contributed by atoms with van der Waals surface area (Å²) in [5.74, 6) is -0.209. The van der Waals surface area contributed by atoms with Crippen LogP contribution in [0.3, 0.4) is 0 Å². The first kappa shape index (κ1) is 35.8. The Hall–Kier alpha value is -6.20. The van der Waals surface area contributed by atoms with Gasteiger partial charge in [-0.15, -0.1) is 0 Å². The summed E-state index contributed by atoms with van der Waals surface area (Å²) in [5, 5.41) is 3.72. The Labute approximate surface area is 319 Å². The smallest absolute Gasteiger partial charge is 0.369 e. The predicted molar refractivity (Wildman–Crippen MR) is 209 cm³/mol. The highest BCUT2D eigenvalue weighted by Crippen LogP contribution is 2.51. The van der Waals surface area contributed by atoms with Crippen LogP contribution >= 0.6 is 11.8 Å². The normalized spacial score (nSPS) is 13.0. The minimum Gasteiger partial charge on any atom is -0.369 e. The molecular weight excluding hydrogens is 720 g/mol. The summed E-state index contributed by atoms with van der Waals surface area (Å²) in [5.41, 5.74) is 12.7. The number of nitrogens with one attached hydrogen (secondary N) is 1. The molecule has 0 unspecified atom stereocenters. The van der Waals surface area contributed by atoms with Gasteiger partial charge in [-0.3, -0.25) is 14.6 Å². The monoisotopic (exact) mass is 753 g/mol. The lowest BCUT2D eigenvalue weighted by Gasteiger charge is -2.29. The lowest BCUT2D eigenvalue weighted by atomic mass is 9.74. The highest BCUT2D eigenvalue weighted by atomic mass is 32.2. The Morgan fingerprint density at radius 1 is 0.782 bits per heavy atom. The van der Waals surface area contributed by atoms with Gasteiger partial charge in [0.15, 0.2) is 5.16 Å². The molecule has 0 radical (unpaired) electrons. The number of fused-ring (bicyclic) bond motifs is 4. The second-order valence-electron chi connectivity index (χ2n) is 13.4. The van der Waals surface area contributed by atoms with Gasteiger partial charge in [0.2, 0.25) is 5.91 Å². The van der Waals surface area contributed by atoms with E-state index in [-0.39, 0.29) is 5.91 Å². The van der Waals surface area contributed by atoms with Crippen LogP contribution in [0.4, 0.5) is 18.9 Å². The van der Waals surface area contributed by atoms with Crippen LogP contribution in [-0.4, -0.2) is 26.3 Å². The molecule has 55 heavy (non-hydrogen) atoms. The third-order valence-corrected chi connectivity index (χ3v) is 11.2. The molecular formula is C44H34F3N5O2S. The van der Waals surface area contributed by atoms with Gasteiger partial charge in [0.05, 0.1) is 27.7 Å². The lowest BCUT2D eigenvalue weighted by Crippen LogP contribution is -2.41. The third kappa shape index (κ3) is 6.76. The van der Waals surface area contributed by atoms with E-state index in [0.717, 1.165) is 50.8 Å². The topological polar surface area (TPSA) is 103 Å². The first-order valence-electron chi connectivity index (χ1n) is 17.7. The molecule has 0 atom stereocenters. The van der Waals surface area contributed by atoms with Crippen molar-refractivity contribution < 1.29 is 22.8 Å². The number of benzene rings is 5. The molecule has 1 aliphatic carbocycles. The molecule has 1 aliphatic rings. The van der Waals surface area contributed by atoms with Crippen molar-refractivity contribution in [2.45, 2.75) is 41.9 Å². The third-order valence-electron chi connectivity index (χ3n) is 10.2. The molecule has 7 aromatic rings. The van der Waals surface area contributed by atoms with Gasteiger partial charge in [0, 0.05) is 29.7 Å². The fourth-order valence-corrected chi connectivity index (χ4v) is 8.55. The fraction of sp³-hybridized carbons (Fsp3) is 0.136. The Morgan fingerprint density at radius 2 is 1.44 bits per heavy atom. The van der Waals surface area contributed by atoms with E-state index in [1.807, 2.05) is 78.9 Å². The summed E-state index contributed by atoms with van der Waals surface area (Å²) in [7, 11) is 0. The molecule has 0 spiro atoms. The fourth-order valence-electron chi connectivity index (χ4n) is 7.59. The number of rotatable bonds is 11. The molecule has 8 rings (SSSR count). The summed E-state index contributed by atoms with van der Waals surface area (Å²) in [6, 6.07) is 38.8. The molecule has 0 fully saturated rings. The van der Waals surface area contributed by atoms with Crippen molar-refractivity contribution in [2.24, 2.45) is 5.73 Å². The zero-order chi connectivity index (χ0) is 38.2. The van der Waals surface area contributed by atoms with Crippen LogP contribution in [0.1, 0.15) is 45.6 Å². The number of nitrogens with two attached hydrogens (primary N) is 1. The van der Waals surface area contributed by atoms with Crippen LogP contribution in [0.5, 0.6) is 0 Å². The number of carbonyl (C=O) groups excluding carboxylic acids is 2. The van der Waals surface area contributed by atoms with Gasteiger partial charge in [0.25, 0.3) is 5.91 Å². The molecule has 7 nitrogen and oxygen atoms in total. The summed E-state index contributed by atoms with van der Waals surface area (Å²) in [6.45, 7) is 0.548. The average molecular weight is 754 g/mol. The van der Waals surface area contributed by atoms with Crippen LogP contribution in [-0.2, 0) is 28.7 Å². The number of carbonyl (C=O) groups is 2. The SMILES string of the molecule is NC(=O)C1(CCCn2c(SCc3ccccn3)nc3cc(NC(=O)c4ccccc4-c4ccc(C(F)(F)F)cc4)ccc32)c2ccccc2-c2ccccc21. The van der Waals surface area contributed by atoms with Crippen LogP contribution in [0, 0.1) is 0 Å². The van der Waals surface area contributed by atoms with Crippen molar-refractivity contribution in [3.8, 4) is 22.3 Å². The first-order valence-corrected chi connectivity index (χ1v) is 18.7. The van der Waals surface area contributed by atoms with E-state index in [9.17, 15) is 22.8 Å². The van der Waals surface area contributed by atoms with Crippen LogP contribution < -0.4 is 11.1 Å².